The van der Waals surface area contributed by atoms with E-state index in [1.807, 2.05) is 11.8 Å². The van der Waals surface area contributed by atoms with Gasteiger partial charge in [0.05, 0.1) is 0 Å². The van der Waals surface area contributed by atoms with Crippen LogP contribution in [0, 0.1) is 18.7 Å². The van der Waals surface area contributed by atoms with E-state index in [-0.39, 0.29) is 41.7 Å². The summed E-state index contributed by atoms with van der Waals surface area (Å²) in [7, 11) is 0. The van der Waals surface area contributed by atoms with Gasteiger partial charge < -0.3 is 10.2 Å². The molecule has 1 saturated carbocycles. The summed E-state index contributed by atoms with van der Waals surface area (Å²) >= 11 is 0. The molecule has 7 heteroatoms. The van der Waals surface area contributed by atoms with Gasteiger partial charge in [-0.15, -0.1) is 0 Å². The molecule has 1 aromatic carbocycles. The molecule has 0 bridgehead atoms. The summed E-state index contributed by atoms with van der Waals surface area (Å²) in [4.78, 5) is 27.7. The van der Waals surface area contributed by atoms with Gasteiger partial charge in [0.15, 0.2) is 0 Å². The maximum atomic E-state index is 13.3. The van der Waals surface area contributed by atoms with Crippen molar-refractivity contribution in [1.82, 2.24) is 15.3 Å². The van der Waals surface area contributed by atoms with Crippen LogP contribution < -0.4 is 10.7 Å². The first-order valence-corrected chi connectivity index (χ1v) is 9.89. The van der Waals surface area contributed by atoms with E-state index >= 15 is 0 Å². The lowest BCUT2D eigenvalue weighted by molar-refractivity contribution is -0.155. The molecule has 4 unspecified atom stereocenters. The number of halogens is 1. The predicted octanol–water partition coefficient (Wildman–Crippen LogP) is 2.05. The molecule has 2 saturated heterocycles. The van der Waals surface area contributed by atoms with Crippen LogP contribution >= 0.6 is 0 Å². The number of nitrogens with zero attached hydrogens (tertiary/aromatic N) is 2. The molecule has 3 fully saturated rings. The first-order valence-electron chi connectivity index (χ1n) is 9.89. The van der Waals surface area contributed by atoms with E-state index in [1.165, 1.54) is 12.1 Å². The Morgan fingerprint density at radius 2 is 2.11 bits per heavy atom. The van der Waals surface area contributed by atoms with E-state index < -0.39 is 0 Å². The van der Waals surface area contributed by atoms with Crippen molar-refractivity contribution in [2.24, 2.45) is 5.92 Å². The normalized spacial score (nSPS) is 30.8. The van der Waals surface area contributed by atoms with Gasteiger partial charge in [-0.3, -0.25) is 15.0 Å². The number of hydrogen-bond donors (Lipinski definition) is 2. The molecule has 0 spiro atoms. The Morgan fingerprint density at radius 1 is 1.30 bits per heavy atom. The second kappa shape index (κ2) is 7.20. The number of aryl methyl sites for hydroxylation is 1. The predicted molar refractivity (Wildman–Crippen MR) is 100 cm³/mol. The number of benzene rings is 1. The summed E-state index contributed by atoms with van der Waals surface area (Å²) in [5.74, 6) is -0.308. The number of hydrogen-bond acceptors (Lipinski definition) is 4. The lowest BCUT2D eigenvalue weighted by Gasteiger charge is -2.51. The second-order valence-corrected chi connectivity index (χ2v) is 7.84. The van der Waals surface area contributed by atoms with Crippen LogP contribution in [-0.2, 0) is 9.59 Å². The van der Waals surface area contributed by atoms with Gasteiger partial charge >= 0.3 is 0 Å². The summed E-state index contributed by atoms with van der Waals surface area (Å²) in [5.41, 5.74) is 4.74. The van der Waals surface area contributed by atoms with Crippen LogP contribution in [0.3, 0.4) is 0 Å². The topological polar surface area (TPSA) is 64.7 Å². The van der Waals surface area contributed by atoms with Crippen LogP contribution in [0.5, 0.6) is 0 Å². The molecule has 146 valence electrons. The largest absolute Gasteiger partial charge is 0.337 e. The molecule has 27 heavy (non-hydrogen) atoms. The molecule has 1 aromatic rings. The smallest absolute Gasteiger partial charge is 0.241 e. The monoisotopic (exact) mass is 374 g/mol. The molecule has 2 amide bonds. The maximum absolute atomic E-state index is 13.3. The number of rotatable bonds is 3. The van der Waals surface area contributed by atoms with Crippen LogP contribution in [0.2, 0.25) is 0 Å². The van der Waals surface area contributed by atoms with Gasteiger partial charge in [0.1, 0.15) is 11.9 Å². The number of piperazine rings is 1. The van der Waals surface area contributed by atoms with Crippen LogP contribution in [-0.4, -0.2) is 52.9 Å². The first kappa shape index (κ1) is 18.4. The fourth-order valence-electron chi connectivity index (χ4n) is 4.95. The van der Waals surface area contributed by atoms with Crippen molar-refractivity contribution in [2.45, 2.75) is 57.7 Å². The van der Waals surface area contributed by atoms with E-state index in [2.05, 4.69) is 15.8 Å². The Balaban J connectivity index is 1.49. The van der Waals surface area contributed by atoms with E-state index in [1.54, 1.807) is 13.0 Å². The van der Waals surface area contributed by atoms with E-state index in [4.69, 9.17) is 0 Å². The Labute approximate surface area is 159 Å². The number of hydrazine groups is 1. The molecular formula is C20H27FN4O2. The molecule has 2 heterocycles. The number of nitrogens with one attached hydrogen (secondary N) is 2. The van der Waals surface area contributed by atoms with Crippen molar-refractivity contribution in [3.63, 3.8) is 0 Å². The third-order valence-corrected chi connectivity index (χ3v) is 6.31. The maximum Gasteiger partial charge on any atom is 0.241 e. The number of likely N-dealkylation sites (N-methyl/N-ethyl adjacent to an activating group) is 1. The summed E-state index contributed by atoms with van der Waals surface area (Å²) in [6.07, 6.45) is 3.20. The molecule has 1 aliphatic carbocycles. The van der Waals surface area contributed by atoms with Crippen LogP contribution in [0.25, 0.3) is 0 Å². The van der Waals surface area contributed by atoms with Gasteiger partial charge in [-0.05, 0) is 63.3 Å². The summed E-state index contributed by atoms with van der Waals surface area (Å²) in [6, 6.07) is 4.66. The Bertz CT molecular complexity index is 755. The number of anilines is 1. The molecular weight excluding hydrogens is 347 g/mol. The number of amides is 2. The van der Waals surface area contributed by atoms with Gasteiger partial charge in [-0.25, -0.2) is 9.40 Å². The van der Waals surface area contributed by atoms with Gasteiger partial charge in [0, 0.05) is 36.8 Å². The van der Waals surface area contributed by atoms with Crippen molar-refractivity contribution >= 4 is 17.5 Å². The van der Waals surface area contributed by atoms with E-state index in [9.17, 15) is 14.0 Å². The average molecular weight is 374 g/mol. The van der Waals surface area contributed by atoms with Crippen molar-refractivity contribution in [1.29, 1.82) is 0 Å². The van der Waals surface area contributed by atoms with Crippen molar-refractivity contribution in [3.05, 3.63) is 29.6 Å². The van der Waals surface area contributed by atoms with Crippen LogP contribution in [0.15, 0.2) is 18.2 Å². The molecule has 0 radical (unpaired) electrons. The van der Waals surface area contributed by atoms with Crippen LogP contribution in [0.1, 0.15) is 38.2 Å². The van der Waals surface area contributed by atoms with Crippen LogP contribution in [0.4, 0.5) is 10.1 Å². The van der Waals surface area contributed by atoms with Gasteiger partial charge in [0.25, 0.3) is 0 Å². The zero-order valence-corrected chi connectivity index (χ0v) is 15.9. The highest BCUT2D eigenvalue weighted by Crippen LogP contribution is 2.37. The Morgan fingerprint density at radius 3 is 2.85 bits per heavy atom. The van der Waals surface area contributed by atoms with E-state index in [0.29, 0.717) is 24.2 Å². The molecule has 4 rings (SSSR count). The van der Waals surface area contributed by atoms with Gasteiger partial charge in [0.2, 0.25) is 11.8 Å². The average Bonchev–Trinajstić information content (AvgIpc) is 3.14. The minimum atomic E-state index is -0.307. The Hall–Kier alpha value is -1.99. The number of fused-ring (bicyclic) bond motifs is 3. The summed E-state index contributed by atoms with van der Waals surface area (Å²) in [5, 5.41) is 5.10. The van der Waals surface area contributed by atoms with Crippen molar-refractivity contribution < 1.29 is 14.0 Å². The lowest BCUT2D eigenvalue weighted by atomic mass is 9.78. The first-order chi connectivity index (χ1) is 13.0. The summed E-state index contributed by atoms with van der Waals surface area (Å²) in [6.45, 7) is 5.31. The molecule has 4 atom stereocenters. The highest BCUT2D eigenvalue weighted by molar-refractivity contribution is 5.93. The lowest BCUT2D eigenvalue weighted by Crippen LogP contribution is -2.68. The van der Waals surface area contributed by atoms with Gasteiger partial charge in [-0.2, -0.15) is 0 Å². The number of carbonyl (C=O) groups is 2. The molecule has 0 aromatic heterocycles. The van der Waals surface area contributed by atoms with Crippen molar-refractivity contribution in [2.75, 3.05) is 18.4 Å². The standard InChI is InChI=1S/C20H27FN4O2/c1-3-24-18-11-13(19(26)23-15-6-5-14(21)10-12(15)2)4-7-16(18)25-17(20(24)27)8-9-22-25/h5-6,10,13,16-18,22H,3-4,7-9,11H2,1-2H3,(H,23,26). The fraction of sp³-hybridized carbons (Fsp3) is 0.600. The minimum Gasteiger partial charge on any atom is -0.337 e. The molecule has 3 aliphatic rings. The highest BCUT2D eigenvalue weighted by atomic mass is 19.1. The summed E-state index contributed by atoms with van der Waals surface area (Å²) < 4.78 is 13.3. The highest BCUT2D eigenvalue weighted by Gasteiger charge is 2.51. The molecule has 2 N–H and O–H groups in total. The number of carbonyl (C=O) groups excluding carboxylic acids is 2. The fourth-order valence-corrected chi connectivity index (χ4v) is 4.95. The third-order valence-electron chi connectivity index (χ3n) is 6.31. The van der Waals surface area contributed by atoms with E-state index in [0.717, 1.165) is 25.8 Å². The SMILES string of the molecule is CCN1C(=O)C2CCNN2C2CCC(C(=O)Nc3ccc(F)cc3C)CC21. The molecule has 6 nitrogen and oxygen atoms in total. The zero-order chi connectivity index (χ0) is 19.1. The second-order valence-electron chi connectivity index (χ2n) is 7.84. The zero-order valence-electron chi connectivity index (χ0n) is 15.9. The quantitative estimate of drug-likeness (QED) is 0.850. The minimum absolute atomic E-state index is 0.0387. The van der Waals surface area contributed by atoms with Gasteiger partial charge in [-0.1, -0.05) is 0 Å². The molecule has 2 aliphatic heterocycles. The Kier molecular flexibility index (Phi) is 4.90. The van der Waals surface area contributed by atoms with Crippen molar-refractivity contribution in [3.8, 4) is 0 Å². The third kappa shape index (κ3) is 3.23.